The van der Waals surface area contributed by atoms with Crippen LogP contribution in [0.1, 0.15) is 24.8 Å². The minimum absolute atomic E-state index is 0.533. The van der Waals surface area contributed by atoms with Crippen molar-refractivity contribution in [3.05, 3.63) is 59.7 Å². The van der Waals surface area contributed by atoms with Crippen LogP contribution in [-0.4, -0.2) is 17.1 Å². The molecule has 0 radical (unpaired) electrons. The Bertz CT molecular complexity index is 477. The molecule has 1 atom stereocenters. The fraction of sp³-hybridized carbons (Fsp3) is 0.312. The van der Waals surface area contributed by atoms with Crippen LogP contribution in [-0.2, 0) is 11.3 Å². The van der Waals surface area contributed by atoms with E-state index in [2.05, 4.69) is 17.5 Å². The van der Waals surface area contributed by atoms with Gasteiger partial charge in [0, 0.05) is 6.54 Å². The Balaban J connectivity index is 1.91. The van der Waals surface area contributed by atoms with Gasteiger partial charge in [-0.2, -0.15) is 0 Å². The zero-order valence-corrected chi connectivity index (χ0v) is 10.9. The highest BCUT2D eigenvalue weighted by Crippen LogP contribution is 2.15. The lowest BCUT2D eigenvalue weighted by atomic mass is 10.00. The Labute approximate surface area is 113 Å². The molecule has 0 saturated carbocycles. The van der Waals surface area contributed by atoms with E-state index in [1.807, 2.05) is 36.4 Å². The first-order valence-electron chi connectivity index (χ1n) is 6.61. The predicted octanol–water partition coefficient (Wildman–Crippen LogP) is 2.90. The highest BCUT2D eigenvalue weighted by Gasteiger charge is 2.18. The van der Waals surface area contributed by atoms with E-state index in [0.29, 0.717) is 13.0 Å². The average molecular weight is 257 g/mol. The lowest BCUT2D eigenvalue weighted by Gasteiger charge is -2.16. The van der Waals surface area contributed by atoms with Crippen molar-refractivity contribution in [1.82, 2.24) is 5.32 Å². The van der Waals surface area contributed by atoms with Gasteiger partial charge in [-0.1, -0.05) is 54.1 Å². The summed E-state index contributed by atoms with van der Waals surface area (Å²) in [6.07, 6.45) is 8.86. The summed E-state index contributed by atoms with van der Waals surface area (Å²) in [6, 6.07) is 9.32. The molecule has 3 nitrogen and oxygen atoms in total. The van der Waals surface area contributed by atoms with Gasteiger partial charge in [-0.3, -0.25) is 4.79 Å². The van der Waals surface area contributed by atoms with Crippen LogP contribution in [0.15, 0.2) is 54.1 Å². The molecule has 0 heterocycles. The Hall–Kier alpha value is -1.87. The third kappa shape index (κ3) is 4.38. The van der Waals surface area contributed by atoms with Gasteiger partial charge < -0.3 is 10.4 Å². The maximum atomic E-state index is 11.3. The summed E-state index contributed by atoms with van der Waals surface area (Å²) in [5.74, 6) is -0.796. The summed E-state index contributed by atoms with van der Waals surface area (Å²) < 4.78 is 0. The average Bonchev–Trinajstić information content (AvgIpc) is 2.45. The SMILES string of the molecule is O=C(O)[C@H](CC1=CCCC=C1)NCc1ccccc1. The highest BCUT2D eigenvalue weighted by atomic mass is 16.4. The zero-order valence-electron chi connectivity index (χ0n) is 10.9. The first-order valence-corrected chi connectivity index (χ1v) is 6.61. The quantitative estimate of drug-likeness (QED) is 0.824. The van der Waals surface area contributed by atoms with Crippen LogP contribution in [0.5, 0.6) is 0 Å². The molecular weight excluding hydrogens is 238 g/mol. The standard InChI is InChI=1S/C16H19NO2/c18-16(19)15(11-13-7-3-1-4-8-13)17-12-14-9-5-2-6-10-14/h2-3,5-10,15,17H,1,4,11-12H2,(H,18,19)/t15-/m0/s1. The van der Waals surface area contributed by atoms with Crippen LogP contribution in [0.3, 0.4) is 0 Å². The maximum Gasteiger partial charge on any atom is 0.321 e. The van der Waals surface area contributed by atoms with Crippen molar-refractivity contribution in [3.63, 3.8) is 0 Å². The summed E-state index contributed by atoms with van der Waals surface area (Å²) in [5.41, 5.74) is 2.21. The highest BCUT2D eigenvalue weighted by molar-refractivity contribution is 5.74. The largest absolute Gasteiger partial charge is 0.480 e. The van der Waals surface area contributed by atoms with Crippen molar-refractivity contribution in [2.24, 2.45) is 0 Å². The minimum Gasteiger partial charge on any atom is -0.480 e. The van der Waals surface area contributed by atoms with Crippen LogP contribution in [0.25, 0.3) is 0 Å². The normalized spacial score (nSPS) is 15.9. The molecule has 100 valence electrons. The molecule has 3 heteroatoms. The Morgan fingerprint density at radius 1 is 1.26 bits per heavy atom. The predicted molar refractivity (Wildman–Crippen MR) is 75.8 cm³/mol. The van der Waals surface area contributed by atoms with Crippen molar-refractivity contribution >= 4 is 5.97 Å². The third-order valence-corrected chi connectivity index (χ3v) is 3.21. The van der Waals surface area contributed by atoms with Crippen LogP contribution >= 0.6 is 0 Å². The van der Waals surface area contributed by atoms with E-state index in [0.717, 1.165) is 24.0 Å². The van der Waals surface area contributed by atoms with Crippen LogP contribution in [0.2, 0.25) is 0 Å². The molecule has 0 unspecified atom stereocenters. The van der Waals surface area contributed by atoms with Crippen molar-refractivity contribution in [3.8, 4) is 0 Å². The van der Waals surface area contributed by atoms with E-state index in [1.165, 1.54) is 0 Å². The molecule has 1 aromatic rings. The van der Waals surface area contributed by atoms with Crippen LogP contribution in [0, 0.1) is 0 Å². The second-order valence-corrected chi connectivity index (χ2v) is 4.72. The molecule has 0 bridgehead atoms. The van der Waals surface area contributed by atoms with Crippen molar-refractivity contribution in [2.45, 2.75) is 31.8 Å². The van der Waals surface area contributed by atoms with Gasteiger partial charge in [0.2, 0.25) is 0 Å². The smallest absolute Gasteiger partial charge is 0.321 e. The van der Waals surface area contributed by atoms with E-state index in [-0.39, 0.29) is 0 Å². The van der Waals surface area contributed by atoms with Crippen molar-refractivity contribution in [1.29, 1.82) is 0 Å². The molecule has 0 aliphatic heterocycles. The number of rotatable bonds is 6. The molecule has 1 aliphatic carbocycles. The van der Waals surface area contributed by atoms with Gasteiger partial charge in [0.05, 0.1) is 0 Å². The lowest BCUT2D eigenvalue weighted by Crippen LogP contribution is -2.36. The third-order valence-electron chi connectivity index (χ3n) is 3.21. The minimum atomic E-state index is -0.796. The Morgan fingerprint density at radius 3 is 2.68 bits per heavy atom. The van der Waals surface area contributed by atoms with Gasteiger partial charge >= 0.3 is 5.97 Å². The monoisotopic (exact) mass is 257 g/mol. The molecular formula is C16H19NO2. The van der Waals surface area contributed by atoms with Crippen LogP contribution < -0.4 is 5.32 Å². The first kappa shape index (κ1) is 13.6. The lowest BCUT2D eigenvalue weighted by molar-refractivity contribution is -0.139. The van der Waals surface area contributed by atoms with Crippen LogP contribution in [0.4, 0.5) is 0 Å². The van der Waals surface area contributed by atoms with E-state index < -0.39 is 12.0 Å². The number of aliphatic carboxylic acids is 1. The van der Waals surface area contributed by atoms with Gasteiger partial charge in [0.1, 0.15) is 6.04 Å². The topological polar surface area (TPSA) is 49.3 Å². The molecule has 1 aliphatic rings. The fourth-order valence-electron chi connectivity index (χ4n) is 2.14. The van der Waals surface area contributed by atoms with E-state index in [9.17, 15) is 9.90 Å². The van der Waals surface area contributed by atoms with E-state index >= 15 is 0 Å². The number of carboxylic acids is 1. The van der Waals surface area contributed by atoms with E-state index in [4.69, 9.17) is 0 Å². The van der Waals surface area contributed by atoms with Gasteiger partial charge in [0.25, 0.3) is 0 Å². The molecule has 0 aromatic heterocycles. The molecule has 1 aromatic carbocycles. The summed E-state index contributed by atoms with van der Waals surface area (Å²) in [7, 11) is 0. The molecule has 0 amide bonds. The van der Waals surface area contributed by atoms with Gasteiger partial charge in [-0.05, 0) is 24.8 Å². The Morgan fingerprint density at radius 2 is 2.05 bits per heavy atom. The first-order chi connectivity index (χ1) is 9.25. The van der Waals surface area contributed by atoms with Gasteiger partial charge in [0.15, 0.2) is 0 Å². The van der Waals surface area contributed by atoms with Crippen molar-refractivity contribution in [2.75, 3.05) is 0 Å². The number of nitrogens with one attached hydrogen (secondary N) is 1. The number of carboxylic acid groups (broad SMARTS) is 1. The maximum absolute atomic E-state index is 11.3. The fourth-order valence-corrected chi connectivity index (χ4v) is 2.14. The second kappa shape index (κ2) is 6.90. The summed E-state index contributed by atoms with van der Waals surface area (Å²) in [6.45, 7) is 0.578. The summed E-state index contributed by atoms with van der Waals surface area (Å²) in [5, 5.41) is 12.4. The second-order valence-electron chi connectivity index (χ2n) is 4.72. The zero-order chi connectivity index (χ0) is 13.5. The number of benzene rings is 1. The summed E-state index contributed by atoms with van der Waals surface area (Å²) >= 11 is 0. The number of hydrogen-bond acceptors (Lipinski definition) is 2. The van der Waals surface area contributed by atoms with E-state index in [1.54, 1.807) is 0 Å². The molecule has 0 fully saturated rings. The summed E-state index contributed by atoms with van der Waals surface area (Å²) in [4.78, 5) is 11.3. The number of hydrogen-bond donors (Lipinski definition) is 2. The molecule has 0 saturated heterocycles. The molecule has 2 rings (SSSR count). The van der Waals surface area contributed by atoms with Gasteiger partial charge in [-0.25, -0.2) is 0 Å². The van der Waals surface area contributed by atoms with Crippen molar-refractivity contribution < 1.29 is 9.90 Å². The molecule has 2 N–H and O–H groups in total. The Kier molecular flexibility index (Phi) is 4.93. The van der Waals surface area contributed by atoms with Gasteiger partial charge in [-0.15, -0.1) is 0 Å². The molecule has 0 spiro atoms. The number of allylic oxidation sites excluding steroid dienone is 3. The number of carbonyl (C=O) groups is 1. The molecule has 19 heavy (non-hydrogen) atoms.